The SMILES string of the molecule is COC(OC)Oc1c2ccccc2cc2ccccc12. The summed E-state index contributed by atoms with van der Waals surface area (Å²) in [4.78, 5) is 0. The first-order chi connectivity index (χ1) is 9.83. The minimum absolute atomic E-state index is 0.718. The number of rotatable bonds is 4. The lowest BCUT2D eigenvalue weighted by Crippen LogP contribution is -2.20. The van der Waals surface area contributed by atoms with Crippen LogP contribution in [0.1, 0.15) is 0 Å². The fourth-order valence-corrected chi connectivity index (χ4v) is 2.39. The zero-order chi connectivity index (χ0) is 13.9. The molecule has 0 N–H and O–H groups in total. The second-order valence-corrected chi connectivity index (χ2v) is 4.53. The van der Waals surface area contributed by atoms with Crippen LogP contribution in [0.3, 0.4) is 0 Å². The van der Waals surface area contributed by atoms with Gasteiger partial charge in [-0.1, -0.05) is 48.5 Å². The average Bonchev–Trinajstić information content (AvgIpc) is 2.51. The number of hydrogen-bond acceptors (Lipinski definition) is 3. The maximum absolute atomic E-state index is 5.89. The molecular formula is C17H16O3. The molecule has 3 rings (SSSR count). The minimum atomic E-state index is -0.718. The molecule has 0 atom stereocenters. The smallest absolute Gasteiger partial charge is 0.315 e. The lowest BCUT2D eigenvalue weighted by atomic mass is 10.0. The van der Waals surface area contributed by atoms with Gasteiger partial charge in [-0.05, 0) is 16.8 Å². The third-order valence-electron chi connectivity index (χ3n) is 3.32. The van der Waals surface area contributed by atoms with E-state index in [2.05, 4.69) is 18.2 Å². The molecule has 0 bridgehead atoms. The van der Waals surface area contributed by atoms with Crippen molar-refractivity contribution in [3.8, 4) is 5.75 Å². The number of fused-ring (bicyclic) bond motifs is 2. The normalized spacial score (nSPS) is 11.3. The zero-order valence-electron chi connectivity index (χ0n) is 11.5. The molecule has 0 aliphatic heterocycles. The third kappa shape index (κ3) is 2.22. The monoisotopic (exact) mass is 268 g/mol. The van der Waals surface area contributed by atoms with Crippen molar-refractivity contribution in [1.82, 2.24) is 0 Å². The van der Waals surface area contributed by atoms with Gasteiger partial charge in [0.05, 0.1) is 0 Å². The molecule has 3 nitrogen and oxygen atoms in total. The van der Waals surface area contributed by atoms with E-state index in [1.54, 1.807) is 14.2 Å². The van der Waals surface area contributed by atoms with Crippen molar-refractivity contribution in [2.75, 3.05) is 14.2 Å². The Morgan fingerprint density at radius 1 is 0.750 bits per heavy atom. The summed E-state index contributed by atoms with van der Waals surface area (Å²) >= 11 is 0. The van der Waals surface area contributed by atoms with E-state index in [0.29, 0.717) is 0 Å². The summed E-state index contributed by atoms with van der Waals surface area (Å²) in [7, 11) is 3.11. The fraction of sp³-hybridized carbons (Fsp3) is 0.176. The lowest BCUT2D eigenvalue weighted by Gasteiger charge is -2.18. The molecule has 0 radical (unpaired) electrons. The van der Waals surface area contributed by atoms with Crippen molar-refractivity contribution in [2.45, 2.75) is 6.48 Å². The summed E-state index contributed by atoms with van der Waals surface area (Å²) < 4.78 is 16.2. The van der Waals surface area contributed by atoms with Gasteiger partial charge in [0.25, 0.3) is 0 Å². The molecule has 0 aromatic heterocycles. The van der Waals surface area contributed by atoms with Gasteiger partial charge < -0.3 is 14.2 Å². The molecule has 0 unspecified atom stereocenters. The van der Waals surface area contributed by atoms with Crippen molar-refractivity contribution in [1.29, 1.82) is 0 Å². The topological polar surface area (TPSA) is 27.7 Å². The molecule has 0 spiro atoms. The van der Waals surface area contributed by atoms with Crippen molar-refractivity contribution < 1.29 is 14.2 Å². The Balaban J connectivity index is 2.27. The van der Waals surface area contributed by atoms with E-state index in [1.165, 1.54) is 0 Å². The highest BCUT2D eigenvalue weighted by molar-refractivity contribution is 6.05. The van der Waals surface area contributed by atoms with Gasteiger partial charge >= 0.3 is 6.48 Å². The van der Waals surface area contributed by atoms with Crippen LogP contribution in [0.4, 0.5) is 0 Å². The summed E-state index contributed by atoms with van der Waals surface area (Å²) in [5, 5.41) is 4.36. The highest BCUT2D eigenvalue weighted by Gasteiger charge is 2.13. The van der Waals surface area contributed by atoms with Crippen LogP contribution in [-0.4, -0.2) is 20.7 Å². The molecule has 20 heavy (non-hydrogen) atoms. The van der Waals surface area contributed by atoms with E-state index >= 15 is 0 Å². The number of methoxy groups -OCH3 is 2. The predicted octanol–water partition coefficient (Wildman–Crippen LogP) is 3.95. The molecule has 3 aromatic carbocycles. The van der Waals surface area contributed by atoms with E-state index in [4.69, 9.17) is 14.2 Å². The first-order valence-electron chi connectivity index (χ1n) is 6.46. The Labute approximate surface area is 117 Å². The third-order valence-corrected chi connectivity index (χ3v) is 3.32. The van der Waals surface area contributed by atoms with Gasteiger partial charge in [0, 0.05) is 25.0 Å². The standard InChI is InChI=1S/C17H16O3/c1-18-17(19-2)20-16-14-9-5-3-7-12(14)11-13-8-4-6-10-15(13)16/h3-11,17H,1-2H3. The second kappa shape index (κ2) is 5.49. The Bertz CT molecular complexity index is 678. The fourth-order valence-electron chi connectivity index (χ4n) is 2.39. The second-order valence-electron chi connectivity index (χ2n) is 4.53. The largest absolute Gasteiger partial charge is 0.440 e. The van der Waals surface area contributed by atoms with Gasteiger partial charge in [0.1, 0.15) is 5.75 Å². The molecule has 0 saturated heterocycles. The average molecular weight is 268 g/mol. The van der Waals surface area contributed by atoms with Crippen molar-refractivity contribution in [2.24, 2.45) is 0 Å². The van der Waals surface area contributed by atoms with E-state index in [9.17, 15) is 0 Å². The molecule has 3 aromatic rings. The van der Waals surface area contributed by atoms with Crippen LogP contribution in [0.25, 0.3) is 21.5 Å². The van der Waals surface area contributed by atoms with Crippen LogP contribution in [-0.2, 0) is 9.47 Å². The highest BCUT2D eigenvalue weighted by Crippen LogP contribution is 2.35. The number of ether oxygens (including phenoxy) is 3. The van der Waals surface area contributed by atoms with Crippen LogP contribution in [0.5, 0.6) is 5.75 Å². The first-order valence-corrected chi connectivity index (χ1v) is 6.46. The Hall–Kier alpha value is -2.10. The van der Waals surface area contributed by atoms with Gasteiger partial charge in [0.15, 0.2) is 0 Å². The van der Waals surface area contributed by atoms with Crippen LogP contribution in [0, 0.1) is 0 Å². The van der Waals surface area contributed by atoms with Crippen LogP contribution >= 0.6 is 0 Å². The molecular weight excluding hydrogens is 252 g/mol. The molecule has 0 amide bonds. The maximum atomic E-state index is 5.89. The van der Waals surface area contributed by atoms with Gasteiger partial charge in [-0.2, -0.15) is 0 Å². The molecule has 0 heterocycles. The summed E-state index contributed by atoms with van der Waals surface area (Å²) in [5.41, 5.74) is 0. The molecule has 0 aliphatic carbocycles. The Kier molecular flexibility index (Phi) is 3.54. The Morgan fingerprint density at radius 2 is 1.25 bits per heavy atom. The van der Waals surface area contributed by atoms with Crippen LogP contribution in [0.15, 0.2) is 54.6 Å². The lowest BCUT2D eigenvalue weighted by molar-refractivity contribution is -0.218. The molecule has 0 fully saturated rings. The van der Waals surface area contributed by atoms with Crippen LogP contribution in [0.2, 0.25) is 0 Å². The predicted molar refractivity (Wildman–Crippen MR) is 79.9 cm³/mol. The highest BCUT2D eigenvalue weighted by atomic mass is 16.8. The minimum Gasteiger partial charge on any atom is -0.440 e. The molecule has 0 saturated carbocycles. The van der Waals surface area contributed by atoms with E-state index in [-0.39, 0.29) is 0 Å². The van der Waals surface area contributed by atoms with Crippen molar-refractivity contribution in [3.05, 3.63) is 54.6 Å². The van der Waals surface area contributed by atoms with Crippen molar-refractivity contribution in [3.63, 3.8) is 0 Å². The number of hydrogen-bond donors (Lipinski definition) is 0. The van der Waals surface area contributed by atoms with E-state index in [1.807, 2.05) is 36.4 Å². The van der Waals surface area contributed by atoms with Gasteiger partial charge in [-0.3, -0.25) is 0 Å². The molecule has 3 heteroatoms. The zero-order valence-corrected chi connectivity index (χ0v) is 11.5. The summed E-state index contributed by atoms with van der Waals surface area (Å²) in [6.45, 7) is -0.718. The molecule has 0 aliphatic rings. The summed E-state index contributed by atoms with van der Waals surface area (Å²) in [5.74, 6) is 0.785. The van der Waals surface area contributed by atoms with Crippen molar-refractivity contribution >= 4 is 21.5 Å². The first kappa shape index (κ1) is 12.9. The number of benzene rings is 3. The van der Waals surface area contributed by atoms with Crippen LogP contribution < -0.4 is 4.74 Å². The Morgan fingerprint density at radius 3 is 1.75 bits per heavy atom. The van der Waals surface area contributed by atoms with E-state index < -0.39 is 6.48 Å². The quantitative estimate of drug-likeness (QED) is 0.529. The summed E-state index contributed by atoms with van der Waals surface area (Å²) in [6.07, 6.45) is 0. The van der Waals surface area contributed by atoms with Gasteiger partial charge in [0.2, 0.25) is 0 Å². The van der Waals surface area contributed by atoms with Gasteiger partial charge in [-0.15, -0.1) is 0 Å². The molecule has 102 valence electrons. The van der Waals surface area contributed by atoms with Gasteiger partial charge in [-0.25, -0.2) is 0 Å². The maximum Gasteiger partial charge on any atom is 0.315 e. The summed E-state index contributed by atoms with van der Waals surface area (Å²) in [6, 6.07) is 18.4. The van der Waals surface area contributed by atoms with E-state index in [0.717, 1.165) is 27.3 Å².